The highest BCUT2D eigenvalue weighted by molar-refractivity contribution is 8.02. The first-order valence-corrected chi connectivity index (χ1v) is 6.79. The Morgan fingerprint density at radius 3 is 2.82 bits per heavy atom. The summed E-state index contributed by atoms with van der Waals surface area (Å²) >= 11 is 1.71. The highest BCUT2D eigenvalue weighted by Crippen LogP contribution is 2.12. The second-order valence-corrected chi connectivity index (χ2v) is 4.57. The molecule has 1 unspecified atom stereocenters. The Morgan fingerprint density at radius 2 is 2.18 bits per heavy atom. The van der Waals surface area contributed by atoms with Gasteiger partial charge in [-0.15, -0.1) is 11.8 Å². The molecule has 0 heterocycles. The van der Waals surface area contributed by atoms with Crippen LogP contribution in [0.25, 0.3) is 0 Å². The van der Waals surface area contributed by atoms with Crippen LogP contribution in [0.5, 0.6) is 0 Å². The highest BCUT2D eigenvalue weighted by atomic mass is 32.2. The largest absolute Gasteiger partial charge is 0.373 e. The van der Waals surface area contributed by atoms with Gasteiger partial charge >= 0.3 is 0 Å². The number of aliphatic imine (C=N–C) groups is 1. The molecule has 1 aromatic rings. The van der Waals surface area contributed by atoms with Gasteiger partial charge in [-0.1, -0.05) is 37.3 Å². The number of nitrogens with zero attached hydrogens (tertiary/aromatic N) is 1. The lowest BCUT2D eigenvalue weighted by Gasteiger charge is -2.14. The summed E-state index contributed by atoms with van der Waals surface area (Å²) in [4.78, 5) is 3.66. The Kier molecular flexibility index (Phi) is 7.43. The minimum atomic E-state index is 0.287. The van der Waals surface area contributed by atoms with Gasteiger partial charge in [-0.05, 0) is 24.1 Å². The first-order valence-electron chi connectivity index (χ1n) is 5.74. The zero-order chi connectivity index (χ0) is 12.3. The molecule has 1 rings (SSSR count). The fourth-order valence-corrected chi connectivity index (χ4v) is 2.15. The van der Waals surface area contributed by atoms with Crippen LogP contribution >= 0.6 is 11.8 Å². The summed E-state index contributed by atoms with van der Waals surface area (Å²) < 4.78 is 5.86. The van der Waals surface area contributed by atoms with Crippen molar-refractivity contribution >= 4 is 18.5 Å². The molecule has 0 saturated heterocycles. The Balaban J connectivity index is 2.27. The molecule has 0 aliphatic rings. The van der Waals surface area contributed by atoms with Crippen LogP contribution < -0.4 is 0 Å². The second kappa shape index (κ2) is 9.02. The maximum atomic E-state index is 5.86. The molecule has 0 saturated carbocycles. The van der Waals surface area contributed by atoms with Crippen LogP contribution in [0.2, 0.25) is 0 Å². The molecule has 3 heteroatoms. The summed E-state index contributed by atoms with van der Waals surface area (Å²) in [6, 6.07) is 10.3. The molecule has 0 radical (unpaired) electrons. The molecule has 0 spiro atoms. The van der Waals surface area contributed by atoms with Gasteiger partial charge in [0.15, 0.2) is 0 Å². The summed E-state index contributed by atoms with van der Waals surface area (Å²) in [6.45, 7) is 6.22. The van der Waals surface area contributed by atoms with Gasteiger partial charge in [-0.3, -0.25) is 4.99 Å². The molecule has 1 atom stereocenters. The molecule has 0 aliphatic heterocycles. The van der Waals surface area contributed by atoms with Crippen molar-refractivity contribution in [2.45, 2.75) is 26.1 Å². The SMILES string of the molecule is C=N/C=C\SCC(CC)OCc1ccccc1. The van der Waals surface area contributed by atoms with Gasteiger partial charge in [-0.2, -0.15) is 0 Å². The van der Waals surface area contributed by atoms with E-state index in [4.69, 9.17) is 4.74 Å². The highest BCUT2D eigenvalue weighted by Gasteiger charge is 2.05. The van der Waals surface area contributed by atoms with E-state index in [-0.39, 0.29) is 6.10 Å². The van der Waals surface area contributed by atoms with Gasteiger partial charge in [0.2, 0.25) is 0 Å². The zero-order valence-corrected chi connectivity index (χ0v) is 11.0. The van der Waals surface area contributed by atoms with Crippen LogP contribution in [-0.4, -0.2) is 18.6 Å². The monoisotopic (exact) mass is 249 g/mol. The average Bonchev–Trinajstić information content (AvgIpc) is 2.39. The minimum absolute atomic E-state index is 0.287. The number of ether oxygens (including phenoxy) is 1. The molecule has 0 N–H and O–H groups in total. The summed E-state index contributed by atoms with van der Waals surface area (Å²) in [5.41, 5.74) is 1.22. The smallest absolute Gasteiger partial charge is 0.0721 e. The number of hydrogen-bond acceptors (Lipinski definition) is 3. The van der Waals surface area contributed by atoms with Crippen molar-refractivity contribution in [2.24, 2.45) is 4.99 Å². The predicted octanol–water partition coefficient (Wildman–Crippen LogP) is 3.89. The summed E-state index contributed by atoms with van der Waals surface area (Å²) in [7, 11) is 0. The van der Waals surface area contributed by atoms with Gasteiger partial charge < -0.3 is 4.74 Å². The third-order valence-electron chi connectivity index (χ3n) is 2.33. The summed E-state index contributed by atoms with van der Waals surface area (Å²) in [5, 5.41) is 1.95. The van der Waals surface area contributed by atoms with Gasteiger partial charge in [0.1, 0.15) is 0 Å². The fraction of sp³-hybridized carbons (Fsp3) is 0.357. The molecule has 0 aliphatic carbocycles. The number of hydrogen-bond donors (Lipinski definition) is 0. The minimum Gasteiger partial charge on any atom is -0.373 e. The van der Waals surface area contributed by atoms with Crippen molar-refractivity contribution in [1.29, 1.82) is 0 Å². The van der Waals surface area contributed by atoms with Crippen LogP contribution in [-0.2, 0) is 11.3 Å². The maximum absolute atomic E-state index is 5.86. The topological polar surface area (TPSA) is 21.6 Å². The Morgan fingerprint density at radius 1 is 1.41 bits per heavy atom. The molecule has 0 bridgehead atoms. The van der Waals surface area contributed by atoms with E-state index in [0.717, 1.165) is 12.2 Å². The van der Waals surface area contributed by atoms with Crippen LogP contribution in [0.15, 0.2) is 46.9 Å². The van der Waals surface area contributed by atoms with E-state index in [1.807, 2.05) is 23.6 Å². The van der Waals surface area contributed by atoms with Gasteiger partial charge in [-0.25, -0.2) is 0 Å². The third-order valence-corrected chi connectivity index (χ3v) is 3.21. The Labute approximate surface area is 108 Å². The quantitative estimate of drug-likeness (QED) is 0.652. The van der Waals surface area contributed by atoms with Crippen molar-refractivity contribution in [3.8, 4) is 0 Å². The van der Waals surface area contributed by atoms with E-state index in [9.17, 15) is 0 Å². The molecule has 0 fully saturated rings. The number of benzene rings is 1. The van der Waals surface area contributed by atoms with Crippen molar-refractivity contribution in [3.63, 3.8) is 0 Å². The van der Waals surface area contributed by atoms with Crippen molar-refractivity contribution in [1.82, 2.24) is 0 Å². The lowest BCUT2D eigenvalue weighted by Crippen LogP contribution is -2.14. The van der Waals surface area contributed by atoms with Crippen LogP contribution in [0, 0.1) is 0 Å². The number of thioether (sulfide) groups is 1. The second-order valence-electron chi connectivity index (χ2n) is 3.63. The van der Waals surface area contributed by atoms with E-state index in [1.165, 1.54) is 5.56 Å². The van der Waals surface area contributed by atoms with E-state index in [2.05, 4.69) is 30.8 Å². The normalized spacial score (nSPS) is 12.8. The summed E-state index contributed by atoms with van der Waals surface area (Å²) in [5.74, 6) is 0.954. The van der Waals surface area contributed by atoms with E-state index >= 15 is 0 Å². The van der Waals surface area contributed by atoms with E-state index < -0.39 is 0 Å². The maximum Gasteiger partial charge on any atom is 0.0721 e. The zero-order valence-electron chi connectivity index (χ0n) is 10.2. The van der Waals surface area contributed by atoms with Gasteiger partial charge in [0.05, 0.1) is 12.7 Å². The summed E-state index contributed by atoms with van der Waals surface area (Å²) in [6.07, 6.45) is 3.01. The fourth-order valence-electron chi connectivity index (χ4n) is 1.32. The van der Waals surface area contributed by atoms with Crippen molar-refractivity contribution in [2.75, 3.05) is 5.75 Å². The Hall–Kier alpha value is -1.06. The molecular weight excluding hydrogens is 230 g/mol. The first kappa shape index (κ1) is 14.0. The Bertz CT molecular complexity index is 337. The van der Waals surface area contributed by atoms with E-state index in [0.29, 0.717) is 6.61 Å². The van der Waals surface area contributed by atoms with Crippen LogP contribution in [0.4, 0.5) is 0 Å². The molecule has 1 aromatic carbocycles. The molecule has 17 heavy (non-hydrogen) atoms. The lowest BCUT2D eigenvalue weighted by molar-refractivity contribution is 0.0541. The van der Waals surface area contributed by atoms with E-state index in [1.54, 1.807) is 18.0 Å². The van der Waals surface area contributed by atoms with Crippen molar-refractivity contribution in [3.05, 3.63) is 47.5 Å². The van der Waals surface area contributed by atoms with Crippen LogP contribution in [0.1, 0.15) is 18.9 Å². The lowest BCUT2D eigenvalue weighted by atomic mass is 10.2. The third kappa shape index (κ3) is 6.29. The molecular formula is C14H19NOS. The molecule has 0 amide bonds. The van der Waals surface area contributed by atoms with Gasteiger partial charge in [0.25, 0.3) is 0 Å². The molecule has 0 aromatic heterocycles. The molecule has 92 valence electrons. The predicted molar refractivity (Wildman–Crippen MR) is 76.5 cm³/mol. The van der Waals surface area contributed by atoms with Gasteiger partial charge in [0, 0.05) is 12.0 Å². The van der Waals surface area contributed by atoms with Crippen molar-refractivity contribution < 1.29 is 4.74 Å². The van der Waals surface area contributed by atoms with Crippen LogP contribution in [0.3, 0.4) is 0 Å². The standard InChI is InChI=1S/C14H19NOS/c1-3-14(12-17-10-9-15-2)16-11-13-7-5-4-6-8-13/h4-10,14H,2-3,11-12H2,1H3/b10-9-. The average molecular weight is 249 g/mol. The molecule has 2 nitrogen and oxygen atoms in total. The first-order chi connectivity index (χ1) is 8.36. The number of rotatable bonds is 8.